The molecule has 4 heteroatoms. The van der Waals surface area contributed by atoms with E-state index >= 15 is 0 Å². The summed E-state index contributed by atoms with van der Waals surface area (Å²) in [5.74, 6) is -0.0835. The molecule has 0 radical (unpaired) electrons. The van der Waals surface area contributed by atoms with Crippen LogP contribution in [0.1, 0.15) is 14.5 Å². The van der Waals surface area contributed by atoms with Gasteiger partial charge in [0.05, 0.1) is 0 Å². The molecule has 0 unspecified atom stereocenters. The van der Waals surface area contributed by atoms with Crippen molar-refractivity contribution in [2.24, 2.45) is 0 Å². The molecule has 100 valence electrons. The lowest BCUT2D eigenvalue weighted by atomic mass is 10.1. The van der Waals surface area contributed by atoms with Crippen LogP contribution in [0.4, 0.5) is 0 Å². The Kier molecular flexibility index (Phi) is 3.39. The van der Waals surface area contributed by atoms with Gasteiger partial charge in [0.15, 0.2) is 0 Å². The Morgan fingerprint density at radius 1 is 1.05 bits per heavy atom. The van der Waals surface area contributed by atoms with E-state index in [1.807, 2.05) is 42.5 Å². The summed E-state index contributed by atoms with van der Waals surface area (Å²) in [4.78, 5) is 12.1. The van der Waals surface area contributed by atoms with E-state index in [0.717, 1.165) is 21.4 Å². The highest BCUT2D eigenvalue weighted by Crippen LogP contribution is 2.27. The quantitative estimate of drug-likeness (QED) is 0.781. The van der Waals surface area contributed by atoms with E-state index in [1.54, 1.807) is 12.1 Å². The van der Waals surface area contributed by atoms with Crippen molar-refractivity contribution in [1.82, 2.24) is 0 Å². The Hall–Kier alpha value is -2.33. The highest BCUT2D eigenvalue weighted by atomic mass is 32.1. The summed E-state index contributed by atoms with van der Waals surface area (Å²) < 4.78 is 5.82. The maximum absolute atomic E-state index is 10.8. The van der Waals surface area contributed by atoms with Crippen molar-refractivity contribution in [3.8, 4) is 5.75 Å². The number of thiophene rings is 1. The van der Waals surface area contributed by atoms with E-state index in [4.69, 9.17) is 9.84 Å². The van der Waals surface area contributed by atoms with Crippen LogP contribution in [0.2, 0.25) is 0 Å². The van der Waals surface area contributed by atoms with Crippen molar-refractivity contribution in [3.63, 3.8) is 0 Å². The molecule has 0 atom stereocenters. The van der Waals surface area contributed by atoms with Gasteiger partial charge in [-0.05, 0) is 23.6 Å². The number of hydrogen-bond donors (Lipinski definition) is 1. The first-order chi connectivity index (χ1) is 9.74. The molecule has 0 spiro atoms. The van der Waals surface area contributed by atoms with Gasteiger partial charge in [-0.2, -0.15) is 0 Å². The summed E-state index contributed by atoms with van der Waals surface area (Å²) in [6, 6.07) is 17.3. The smallest absolute Gasteiger partial charge is 0.345 e. The summed E-state index contributed by atoms with van der Waals surface area (Å²) in [5, 5.41) is 11.1. The van der Waals surface area contributed by atoms with Gasteiger partial charge in [0.2, 0.25) is 0 Å². The molecule has 3 nitrogen and oxygen atoms in total. The number of carboxylic acid groups (broad SMARTS) is 1. The number of ether oxygens (including phenoxy) is 1. The zero-order valence-electron chi connectivity index (χ0n) is 10.6. The minimum Gasteiger partial charge on any atom is -0.487 e. The monoisotopic (exact) mass is 284 g/mol. The van der Waals surface area contributed by atoms with Crippen LogP contribution in [0.15, 0.2) is 54.6 Å². The minimum absolute atomic E-state index is 0.335. The van der Waals surface area contributed by atoms with Crippen molar-refractivity contribution >= 4 is 28.1 Å². The lowest BCUT2D eigenvalue weighted by Crippen LogP contribution is -1.93. The molecule has 3 rings (SSSR count). The number of rotatable bonds is 4. The van der Waals surface area contributed by atoms with E-state index in [0.29, 0.717) is 11.5 Å². The molecular weight excluding hydrogens is 272 g/mol. The fraction of sp³-hybridized carbons (Fsp3) is 0.0625. The molecule has 0 bridgehead atoms. The molecule has 0 fully saturated rings. The lowest BCUT2D eigenvalue weighted by Gasteiger charge is -2.08. The molecule has 1 N–H and O–H groups in total. The predicted octanol–water partition coefficient (Wildman–Crippen LogP) is 4.18. The third-order valence-electron chi connectivity index (χ3n) is 2.99. The number of hydrogen-bond acceptors (Lipinski definition) is 3. The average Bonchev–Trinajstić information content (AvgIpc) is 2.94. The molecule has 0 aliphatic rings. The highest BCUT2D eigenvalue weighted by molar-refractivity contribution is 7.13. The second-order valence-corrected chi connectivity index (χ2v) is 5.51. The van der Waals surface area contributed by atoms with E-state index in [2.05, 4.69) is 0 Å². The molecule has 1 heterocycles. The van der Waals surface area contributed by atoms with Crippen LogP contribution in [0.5, 0.6) is 5.75 Å². The SMILES string of the molecule is O=C(O)c1ccc(COc2cccc3ccccc23)s1. The van der Waals surface area contributed by atoms with Gasteiger partial charge in [-0.3, -0.25) is 0 Å². The predicted molar refractivity (Wildman–Crippen MR) is 79.6 cm³/mol. The van der Waals surface area contributed by atoms with Gasteiger partial charge < -0.3 is 9.84 Å². The van der Waals surface area contributed by atoms with Gasteiger partial charge in [0, 0.05) is 10.3 Å². The summed E-state index contributed by atoms with van der Waals surface area (Å²) in [6.45, 7) is 0.381. The third-order valence-corrected chi connectivity index (χ3v) is 4.04. The largest absolute Gasteiger partial charge is 0.487 e. The number of fused-ring (bicyclic) bond motifs is 1. The van der Waals surface area contributed by atoms with Crippen molar-refractivity contribution in [2.45, 2.75) is 6.61 Å². The lowest BCUT2D eigenvalue weighted by molar-refractivity contribution is 0.0702. The molecule has 0 aliphatic carbocycles. The summed E-state index contributed by atoms with van der Waals surface area (Å²) >= 11 is 1.24. The Morgan fingerprint density at radius 3 is 2.65 bits per heavy atom. The van der Waals surface area contributed by atoms with Gasteiger partial charge in [-0.25, -0.2) is 4.79 Å². The molecule has 0 saturated carbocycles. The van der Waals surface area contributed by atoms with E-state index in [9.17, 15) is 4.79 Å². The number of benzene rings is 2. The summed E-state index contributed by atoms with van der Waals surface area (Å²) in [5.41, 5.74) is 0. The van der Waals surface area contributed by atoms with E-state index in [1.165, 1.54) is 11.3 Å². The number of carbonyl (C=O) groups is 1. The third kappa shape index (κ3) is 2.51. The van der Waals surface area contributed by atoms with Crippen LogP contribution >= 0.6 is 11.3 Å². The van der Waals surface area contributed by atoms with Crippen LogP contribution in [-0.4, -0.2) is 11.1 Å². The average molecular weight is 284 g/mol. The first-order valence-corrected chi connectivity index (χ1v) is 6.98. The maximum atomic E-state index is 10.8. The highest BCUT2D eigenvalue weighted by Gasteiger charge is 2.08. The molecule has 0 amide bonds. The molecule has 0 aliphatic heterocycles. The first kappa shape index (κ1) is 12.7. The molecule has 2 aromatic carbocycles. The Morgan fingerprint density at radius 2 is 1.85 bits per heavy atom. The molecule has 0 saturated heterocycles. The Balaban J connectivity index is 1.81. The van der Waals surface area contributed by atoms with Gasteiger partial charge in [-0.15, -0.1) is 11.3 Å². The second-order valence-electron chi connectivity index (χ2n) is 4.34. The van der Waals surface area contributed by atoms with Gasteiger partial charge >= 0.3 is 5.97 Å². The van der Waals surface area contributed by atoms with Crippen LogP contribution in [0, 0.1) is 0 Å². The van der Waals surface area contributed by atoms with Crippen molar-refractivity contribution in [2.75, 3.05) is 0 Å². The van der Waals surface area contributed by atoms with Crippen molar-refractivity contribution in [1.29, 1.82) is 0 Å². The summed E-state index contributed by atoms with van der Waals surface area (Å²) in [6.07, 6.45) is 0. The summed E-state index contributed by atoms with van der Waals surface area (Å²) in [7, 11) is 0. The topological polar surface area (TPSA) is 46.5 Å². The number of carboxylic acids is 1. The van der Waals surface area contributed by atoms with Gasteiger partial charge in [0.25, 0.3) is 0 Å². The molecule has 3 aromatic rings. The van der Waals surface area contributed by atoms with Crippen molar-refractivity contribution in [3.05, 3.63) is 64.4 Å². The van der Waals surface area contributed by atoms with Crippen LogP contribution in [0.3, 0.4) is 0 Å². The van der Waals surface area contributed by atoms with E-state index < -0.39 is 5.97 Å². The normalized spacial score (nSPS) is 10.6. The first-order valence-electron chi connectivity index (χ1n) is 6.16. The van der Waals surface area contributed by atoms with Crippen LogP contribution in [0.25, 0.3) is 10.8 Å². The standard InChI is InChI=1S/C16H12O3S/c17-16(18)15-9-8-12(20-15)10-19-14-7-3-5-11-4-1-2-6-13(11)14/h1-9H,10H2,(H,17,18). The Labute approximate surface area is 120 Å². The molecule has 1 aromatic heterocycles. The zero-order chi connectivity index (χ0) is 13.9. The minimum atomic E-state index is -0.897. The van der Waals surface area contributed by atoms with Gasteiger partial charge in [0.1, 0.15) is 17.2 Å². The zero-order valence-corrected chi connectivity index (χ0v) is 11.4. The second kappa shape index (κ2) is 5.35. The van der Waals surface area contributed by atoms with Crippen LogP contribution in [-0.2, 0) is 6.61 Å². The fourth-order valence-electron chi connectivity index (χ4n) is 2.04. The van der Waals surface area contributed by atoms with Crippen molar-refractivity contribution < 1.29 is 14.6 Å². The molecular formula is C16H12O3S. The van der Waals surface area contributed by atoms with Gasteiger partial charge in [-0.1, -0.05) is 36.4 Å². The Bertz CT molecular complexity index is 756. The van der Waals surface area contributed by atoms with Crippen LogP contribution < -0.4 is 4.74 Å². The van der Waals surface area contributed by atoms with E-state index in [-0.39, 0.29) is 0 Å². The fourth-order valence-corrected chi connectivity index (χ4v) is 2.80. The number of aromatic carboxylic acids is 1. The molecule has 20 heavy (non-hydrogen) atoms. The maximum Gasteiger partial charge on any atom is 0.345 e.